The van der Waals surface area contributed by atoms with Crippen LogP contribution in [-0.4, -0.2) is 47.0 Å². The van der Waals surface area contributed by atoms with Crippen LogP contribution in [-0.2, 0) is 0 Å². The average Bonchev–Trinajstić information content (AvgIpc) is 2.75. The Bertz CT molecular complexity index is 964. The number of piperazine rings is 1. The average molecular weight is 450 g/mol. The highest BCUT2D eigenvalue weighted by Gasteiger charge is 2.17. The molecule has 4 rings (SSSR count). The van der Waals surface area contributed by atoms with E-state index in [9.17, 15) is 9.18 Å². The molecule has 158 valence electrons. The first kappa shape index (κ1) is 23.5. The highest BCUT2D eigenvalue weighted by molar-refractivity contribution is 5.94. The van der Waals surface area contributed by atoms with Gasteiger partial charge in [-0.25, -0.2) is 14.4 Å². The van der Waals surface area contributed by atoms with Crippen molar-refractivity contribution < 1.29 is 9.18 Å². The van der Waals surface area contributed by atoms with Crippen molar-refractivity contribution in [1.82, 2.24) is 20.2 Å². The molecule has 1 aliphatic heterocycles. The summed E-state index contributed by atoms with van der Waals surface area (Å²) in [6.07, 6.45) is 1.65. The van der Waals surface area contributed by atoms with Crippen molar-refractivity contribution in [2.24, 2.45) is 0 Å². The Morgan fingerprint density at radius 1 is 0.967 bits per heavy atom. The van der Waals surface area contributed by atoms with Crippen LogP contribution in [0.2, 0.25) is 0 Å². The maximum atomic E-state index is 13.1. The Balaban J connectivity index is 0.00000160. The van der Waals surface area contributed by atoms with Crippen molar-refractivity contribution >= 4 is 42.4 Å². The molecule has 2 heterocycles. The van der Waals surface area contributed by atoms with E-state index >= 15 is 0 Å². The van der Waals surface area contributed by atoms with Crippen LogP contribution in [0.4, 0.5) is 16.0 Å². The largest absolute Gasteiger partial charge is 0.336 e. The van der Waals surface area contributed by atoms with Crippen LogP contribution in [0.25, 0.3) is 11.3 Å². The fourth-order valence-corrected chi connectivity index (χ4v) is 3.08. The van der Waals surface area contributed by atoms with Crippen LogP contribution < -0.4 is 10.6 Å². The summed E-state index contributed by atoms with van der Waals surface area (Å²) >= 11 is 0. The number of halogens is 3. The Morgan fingerprint density at radius 2 is 1.63 bits per heavy atom. The summed E-state index contributed by atoms with van der Waals surface area (Å²) in [5, 5.41) is 6.38. The summed E-state index contributed by atoms with van der Waals surface area (Å²) in [6.45, 7) is 3.10. The highest BCUT2D eigenvalue weighted by Crippen LogP contribution is 2.20. The lowest BCUT2D eigenvalue weighted by Gasteiger charge is -2.27. The number of amides is 1. The number of carbonyl (C=O) groups is 1. The van der Waals surface area contributed by atoms with E-state index in [0.29, 0.717) is 17.2 Å². The number of aromatic nitrogens is 2. The molecule has 0 saturated carbocycles. The van der Waals surface area contributed by atoms with Gasteiger partial charge in [-0.3, -0.25) is 4.79 Å². The smallest absolute Gasteiger partial charge is 0.253 e. The second-order valence-corrected chi connectivity index (χ2v) is 6.52. The molecule has 2 N–H and O–H groups in total. The van der Waals surface area contributed by atoms with Gasteiger partial charge in [0.05, 0.1) is 5.69 Å². The van der Waals surface area contributed by atoms with E-state index in [1.54, 1.807) is 36.5 Å². The van der Waals surface area contributed by atoms with Crippen LogP contribution in [0.1, 0.15) is 10.4 Å². The summed E-state index contributed by atoms with van der Waals surface area (Å²) in [7, 11) is 0. The maximum Gasteiger partial charge on any atom is 0.253 e. The van der Waals surface area contributed by atoms with E-state index in [4.69, 9.17) is 0 Å². The van der Waals surface area contributed by atoms with Crippen molar-refractivity contribution in [1.29, 1.82) is 0 Å². The zero-order chi connectivity index (χ0) is 19.3. The molecule has 1 aromatic heterocycles. The Labute approximate surface area is 186 Å². The highest BCUT2D eigenvalue weighted by atomic mass is 35.5. The first-order valence-electron chi connectivity index (χ1n) is 9.15. The van der Waals surface area contributed by atoms with E-state index in [-0.39, 0.29) is 36.5 Å². The molecule has 9 heteroatoms. The van der Waals surface area contributed by atoms with E-state index in [0.717, 1.165) is 37.4 Å². The van der Waals surface area contributed by atoms with Gasteiger partial charge in [-0.1, -0.05) is 0 Å². The van der Waals surface area contributed by atoms with E-state index in [2.05, 4.69) is 20.6 Å². The van der Waals surface area contributed by atoms with Gasteiger partial charge in [0.1, 0.15) is 5.82 Å². The van der Waals surface area contributed by atoms with Crippen molar-refractivity contribution in [3.05, 3.63) is 72.2 Å². The molecular formula is C21H22Cl2FN5O. The zero-order valence-corrected chi connectivity index (χ0v) is 17.7. The monoisotopic (exact) mass is 449 g/mol. The first-order valence-corrected chi connectivity index (χ1v) is 9.15. The minimum absolute atomic E-state index is 0. The van der Waals surface area contributed by atoms with Gasteiger partial charge >= 0.3 is 0 Å². The number of carbonyl (C=O) groups excluding carboxylic acids is 1. The van der Waals surface area contributed by atoms with Crippen LogP contribution in [0.15, 0.2) is 60.8 Å². The second-order valence-electron chi connectivity index (χ2n) is 6.52. The molecule has 0 radical (unpaired) electrons. The van der Waals surface area contributed by atoms with Crippen LogP contribution >= 0.6 is 24.8 Å². The lowest BCUT2D eigenvalue weighted by atomic mass is 10.1. The first-order chi connectivity index (χ1) is 13.7. The van der Waals surface area contributed by atoms with Gasteiger partial charge in [-0.05, 0) is 54.6 Å². The Hall–Kier alpha value is -2.74. The third-order valence-electron chi connectivity index (χ3n) is 4.59. The number of nitrogens with one attached hydrogen (secondary N) is 2. The molecule has 1 saturated heterocycles. The molecule has 0 atom stereocenters. The molecule has 1 amide bonds. The van der Waals surface area contributed by atoms with Gasteiger partial charge in [0.15, 0.2) is 0 Å². The summed E-state index contributed by atoms with van der Waals surface area (Å²) in [5.41, 5.74) is 2.95. The van der Waals surface area contributed by atoms with Gasteiger partial charge < -0.3 is 15.5 Å². The molecule has 2 aromatic carbocycles. The quantitative estimate of drug-likeness (QED) is 0.631. The molecule has 3 aromatic rings. The molecule has 6 nitrogen and oxygen atoms in total. The fraction of sp³-hybridized carbons (Fsp3) is 0.190. The van der Waals surface area contributed by atoms with Gasteiger partial charge in [-0.2, -0.15) is 0 Å². The second kappa shape index (κ2) is 10.9. The SMILES string of the molecule is Cl.Cl.O=C(c1ccc(Nc2nccc(-c3ccc(F)cc3)n2)cc1)N1CCNCC1. The third-order valence-corrected chi connectivity index (χ3v) is 4.59. The number of hydrogen-bond acceptors (Lipinski definition) is 5. The number of nitrogens with zero attached hydrogens (tertiary/aromatic N) is 3. The zero-order valence-electron chi connectivity index (χ0n) is 16.0. The van der Waals surface area contributed by atoms with Gasteiger partial charge in [0.2, 0.25) is 5.95 Å². The summed E-state index contributed by atoms with van der Waals surface area (Å²) in [6, 6.07) is 15.2. The standard InChI is InChI=1S/C21H20FN5O.2ClH/c22-17-5-1-15(2-6-17)19-9-10-24-21(26-19)25-18-7-3-16(4-8-18)20(28)27-13-11-23-12-14-27;;/h1-10,23H,11-14H2,(H,24,25,26);2*1H. The van der Waals surface area contributed by atoms with Gasteiger partial charge in [0.25, 0.3) is 5.91 Å². The molecule has 0 unspecified atom stereocenters. The molecule has 1 fully saturated rings. The molecule has 0 spiro atoms. The Kier molecular flexibility index (Phi) is 8.53. The van der Waals surface area contributed by atoms with E-state index in [1.165, 1.54) is 12.1 Å². The van der Waals surface area contributed by atoms with Crippen LogP contribution in [0.3, 0.4) is 0 Å². The summed E-state index contributed by atoms with van der Waals surface area (Å²) in [4.78, 5) is 23.1. The lowest BCUT2D eigenvalue weighted by Crippen LogP contribution is -2.46. The normalized spacial score (nSPS) is 13.0. The molecular weight excluding hydrogens is 428 g/mol. The molecule has 0 aliphatic carbocycles. The predicted octanol–water partition coefficient (Wildman–Crippen LogP) is 3.92. The summed E-state index contributed by atoms with van der Waals surface area (Å²) in [5.74, 6) is 0.192. The van der Waals surface area contributed by atoms with Gasteiger partial charge in [0, 0.05) is 49.2 Å². The lowest BCUT2D eigenvalue weighted by molar-refractivity contribution is 0.0736. The number of hydrogen-bond donors (Lipinski definition) is 2. The van der Waals surface area contributed by atoms with Crippen LogP contribution in [0, 0.1) is 5.82 Å². The number of rotatable bonds is 4. The van der Waals surface area contributed by atoms with Crippen LogP contribution in [0.5, 0.6) is 0 Å². The summed E-state index contributed by atoms with van der Waals surface area (Å²) < 4.78 is 13.1. The minimum Gasteiger partial charge on any atom is -0.336 e. The third kappa shape index (κ3) is 5.66. The molecule has 0 bridgehead atoms. The number of benzene rings is 2. The topological polar surface area (TPSA) is 70.2 Å². The van der Waals surface area contributed by atoms with Crippen molar-refractivity contribution in [3.8, 4) is 11.3 Å². The van der Waals surface area contributed by atoms with E-state index < -0.39 is 0 Å². The number of anilines is 2. The maximum absolute atomic E-state index is 13.1. The van der Waals surface area contributed by atoms with Gasteiger partial charge in [-0.15, -0.1) is 24.8 Å². The minimum atomic E-state index is -0.286. The molecule has 30 heavy (non-hydrogen) atoms. The predicted molar refractivity (Wildman–Crippen MR) is 120 cm³/mol. The van der Waals surface area contributed by atoms with Crippen molar-refractivity contribution in [3.63, 3.8) is 0 Å². The Morgan fingerprint density at radius 3 is 2.30 bits per heavy atom. The molecule has 1 aliphatic rings. The van der Waals surface area contributed by atoms with E-state index in [1.807, 2.05) is 17.0 Å². The fourth-order valence-electron chi connectivity index (χ4n) is 3.08. The van der Waals surface area contributed by atoms with Crippen molar-refractivity contribution in [2.75, 3.05) is 31.5 Å². The van der Waals surface area contributed by atoms with Crippen molar-refractivity contribution in [2.45, 2.75) is 0 Å².